The van der Waals surface area contributed by atoms with Crippen molar-refractivity contribution in [1.29, 1.82) is 0 Å². The van der Waals surface area contributed by atoms with Gasteiger partial charge in [-0.25, -0.2) is 0 Å². The summed E-state index contributed by atoms with van der Waals surface area (Å²) in [7, 11) is 0. The number of ether oxygens (including phenoxy) is 1. The molecule has 3 aliphatic rings. The van der Waals surface area contributed by atoms with E-state index in [1.165, 1.54) is 39.0 Å². The maximum absolute atomic E-state index is 10.4. The molecule has 18 heavy (non-hydrogen) atoms. The van der Waals surface area contributed by atoms with Gasteiger partial charge in [-0.1, -0.05) is 0 Å². The molecule has 0 aromatic heterocycles. The molecule has 0 radical (unpaired) electrons. The second-order valence-corrected chi connectivity index (χ2v) is 6.54. The van der Waals surface area contributed by atoms with Gasteiger partial charge in [-0.15, -0.1) is 0 Å². The Bertz CT molecular complexity index is 311. The second-order valence-electron chi connectivity index (χ2n) is 6.54. The van der Waals surface area contributed by atoms with E-state index in [0.717, 1.165) is 24.7 Å². The Balaban J connectivity index is 1.50. The predicted molar refractivity (Wildman–Crippen MR) is 69.2 cm³/mol. The molecule has 4 heteroatoms. The number of carbonyl (C=O) groups excluding carboxylic acids is 1. The van der Waals surface area contributed by atoms with Crippen LogP contribution < -0.4 is 5.32 Å². The van der Waals surface area contributed by atoms with Crippen molar-refractivity contribution in [2.24, 2.45) is 11.8 Å². The van der Waals surface area contributed by atoms with Crippen LogP contribution in [0.25, 0.3) is 0 Å². The highest BCUT2D eigenvalue weighted by Crippen LogP contribution is 2.40. The Hall–Kier alpha value is -0.610. The zero-order valence-electron chi connectivity index (χ0n) is 11.2. The molecule has 2 saturated heterocycles. The van der Waals surface area contributed by atoms with Crippen molar-refractivity contribution < 1.29 is 9.53 Å². The third kappa shape index (κ3) is 2.28. The van der Waals surface area contributed by atoms with Gasteiger partial charge in [0.25, 0.3) is 6.47 Å². The molecule has 3 fully saturated rings. The van der Waals surface area contributed by atoms with Crippen molar-refractivity contribution in [2.75, 3.05) is 26.2 Å². The number of hydrogen-bond donors (Lipinski definition) is 1. The summed E-state index contributed by atoms with van der Waals surface area (Å²) in [5.74, 6) is 1.80. The first-order valence-electron chi connectivity index (χ1n) is 7.26. The molecule has 0 aromatic carbocycles. The van der Waals surface area contributed by atoms with Crippen LogP contribution in [-0.4, -0.2) is 49.2 Å². The van der Waals surface area contributed by atoms with Crippen LogP contribution in [0, 0.1) is 11.8 Å². The van der Waals surface area contributed by atoms with Gasteiger partial charge in [0.15, 0.2) is 0 Å². The van der Waals surface area contributed by atoms with Crippen molar-refractivity contribution >= 4 is 6.47 Å². The largest absolute Gasteiger partial charge is 0.461 e. The van der Waals surface area contributed by atoms with Crippen molar-refractivity contribution in [3.05, 3.63) is 0 Å². The van der Waals surface area contributed by atoms with Crippen molar-refractivity contribution in [3.8, 4) is 0 Å². The Morgan fingerprint density at radius 3 is 2.72 bits per heavy atom. The van der Waals surface area contributed by atoms with E-state index in [0.29, 0.717) is 12.5 Å². The zero-order chi connectivity index (χ0) is 12.6. The summed E-state index contributed by atoms with van der Waals surface area (Å²) in [6.45, 7) is 7.58. The molecule has 0 amide bonds. The van der Waals surface area contributed by atoms with Gasteiger partial charge in [-0.2, -0.15) is 0 Å². The monoisotopic (exact) mass is 252 g/mol. The number of piperidine rings is 1. The fraction of sp³-hybridized carbons (Fsp3) is 0.929. The van der Waals surface area contributed by atoms with E-state index in [4.69, 9.17) is 4.74 Å². The first-order chi connectivity index (χ1) is 8.70. The Kier molecular flexibility index (Phi) is 3.32. The maximum atomic E-state index is 10.4. The number of nitrogens with zero attached hydrogens (tertiary/aromatic N) is 1. The lowest BCUT2D eigenvalue weighted by molar-refractivity contribution is -0.160. The normalized spacial score (nSPS) is 41.8. The number of carbonyl (C=O) groups is 1. The fourth-order valence-electron chi connectivity index (χ4n) is 3.81. The van der Waals surface area contributed by atoms with E-state index in [9.17, 15) is 4.79 Å². The van der Waals surface area contributed by atoms with Crippen LogP contribution in [0.2, 0.25) is 0 Å². The van der Waals surface area contributed by atoms with E-state index >= 15 is 0 Å². The van der Waals surface area contributed by atoms with Crippen LogP contribution in [0.3, 0.4) is 0 Å². The van der Waals surface area contributed by atoms with Crippen LogP contribution >= 0.6 is 0 Å². The lowest BCUT2D eigenvalue weighted by Gasteiger charge is -2.51. The summed E-state index contributed by atoms with van der Waals surface area (Å²) < 4.78 is 5.18. The summed E-state index contributed by atoms with van der Waals surface area (Å²) in [6.07, 6.45) is 4.77. The number of rotatable bonds is 4. The van der Waals surface area contributed by atoms with Crippen molar-refractivity contribution in [2.45, 2.75) is 44.2 Å². The minimum Gasteiger partial charge on any atom is -0.461 e. The molecule has 0 bridgehead atoms. The highest BCUT2D eigenvalue weighted by atomic mass is 16.5. The number of likely N-dealkylation sites (tertiary alicyclic amines) is 1. The summed E-state index contributed by atoms with van der Waals surface area (Å²) in [5, 5.41) is 3.38. The van der Waals surface area contributed by atoms with E-state index in [-0.39, 0.29) is 5.60 Å². The average molecular weight is 252 g/mol. The minimum absolute atomic E-state index is 0.183. The molecule has 3 rings (SSSR count). The molecule has 0 spiro atoms. The summed E-state index contributed by atoms with van der Waals surface area (Å²) in [6, 6.07) is 0.644. The van der Waals surface area contributed by atoms with Crippen LogP contribution in [-0.2, 0) is 9.53 Å². The van der Waals surface area contributed by atoms with E-state index in [2.05, 4.69) is 17.1 Å². The van der Waals surface area contributed by atoms with Gasteiger partial charge < -0.3 is 10.1 Å². The van der Waals surface area contributed by atoms with Crippen LogP contribution in [0.15, 0.2) is 0 Å². The first kappa shape index (κ1) is 12.4. The lowest BCUT2D eigenvalue weighted by Crippen LogP contribution is -2.59. The topological polar surface area (TPSA) is 41.6 Å². The van der Waals surface area contributed by atoms with Crippen LogP contribution in [0.1, 0.15) is 32.6 Å². The number of hydrogen-bond acceptors (Lipinski definition) is 4. The van der Waals surface area contributed by atoms with Gasteiger partial charge in [0.1, 0.15) is 5.60 Å². The molecule has 102 valence electrons. The second kappa shape index (κ2) is 4.82. The predicted octanol–water partition coefficient (Wildman–Crippen LogP) is 1.01. The van der Waals surface area contributed by atoms with Crippen molar-refractivity contribution in [3.63, 3.8) is 0 Å². The molecule has 1 N–H and O–H groups in total. The highest BCUT2D eigenvalue weighted by molar-refractivity contribution is 5.39. The molecular weight excluding hydrogens is 228 g/mol. The Morgan fingerprint density at radius 2 is 2.11 bits per heavy atom. The quantitative estimate of drug-likeness (QED) is 0.758. The molecule has 1 aliphatic carbocycles. The van der Waals surface area contributed by atoms with E-state index in [1.54, 1.807) is 0 Å². The first-order valence-corrected chi connectivity index (χ1v) is 7.26. The van der Waals surface area contributed by atoms with Crippen LogP contribution in [0.5, 0.6) is 0 Å². The fourth-order valence-corrected chi connectivity index (χ4v) is 3.81. The maximum Gasteiger partial charge on any atom is 0.293 e. The lowest BCUT2D eigenvalue weighted by atomic mass is 9.74. The van der Waals surface area contributed by atoms with Crippen molar-refractivity contribution in [1.82, 2.24) is 10.2 Å². The van der Waals surface area contributed by atoms with Gasteiger partial charge in [-0.05, 0) is 51.2 Å². The molecule has 2 aliphatic heterocycles. The Labute approximate surface area is 109 Å². The summed E-state index contributed by atoms with van der Waals surface area (Å²) >= 11 is 0. The standard InChI is InChI=1S/C14H24N2O2/c1-14(18-10-17)5-13(6-14)16-4-2-3-11(9-16)12-7-15-8-12/h10-13,15H,2-9H2,1H3/t11-,13-,14-/m0/s1. The average Bonchev–Trinajstić information content (AvgIpc) is 2.24. The molecule has 1 saturated carbocycles. The summed E-state index contributed by atoms with van der Waals surface area (Å²) in [5.41, 5.74) is -0.183. The summed E-state index contributed by atoms with van der Waals surface area (Å²) in [4.78, 5) is 13.1. The van der Waals surface area contributed by atoms with Gasteiger partial charge in [0, 0.05) is 25.4 Å². The van der Waals surface area contributed by atoms with Gasteiger partial charge >= 0.3 is 0 Å². The molecule has 4 nitrogen and oxygen atoms in total. The molecule has 0 unspecified atom stereocenters. The SMILES string of the molecule is C[C@]1(OC=O)C[C@H](N2CCC[C@H](C3CNC3)C2)C1. The van der Waals surface area contributed by atoms with Gasteiger partial charge in [0.2, 0.25) is 0 Å². The van der Waals surface area contributed by atoms with Gasteiger partial charge in [-0.3, -0.25) is 9.69 Å². The van der Waals surface area contributed by atoms with E-state index < -0.39 is 0 Å². The van der Waals surface area contributed by atoms with E-state index in [1.807, 2.05) is 0 Å². The number of nitrogens with one attached hydrogen (secondary N) is 1. The molecule has 2 heterocycles. The molecule has 0 aromatic rings. The van der Waals surface area contributed by atoms with Gasteiger partial charge in [0.05, 0.1) is 0 Å². The third-order valence-corrected chi connectivity index (χ3v) is 5.15. The zero-order valence-corrected chi connectivity index (χ0v) is 11.2. The van der Waals surface area contributed by atoms with Crippen LogP contribution in [0.4, 0.5) is 0 Å². The molecule has 1 atom stereocenters. The molecular formula is C14H24N2O2. The highest BCUT2D eigenvalue weighted by Gasteiger charge is 2.46. The third-order valence-electron chi connectivity index (χ3n) is 5.15. The smallest absolute Gasteiger partial charge is 0.293 e. The Morgan fingerprint density at radius 1 is 1.33 bits per heavy atom. The minimum atomic E-state index is -0.183.